The first-order valence-corrected chi connectivity index (χ1v) is 10.1. The standard InChI is InChI=1S/C22H22N2O4S/c1-15(25)14-24-20(26)18-11-10-17(21(27)28-2)13-19(18)23-22(24)29-12-6-9-16-7-4-3-5-8-16/h3-11,13,15,25H,12,14H2,1-2H3/b9-6+/t15-/m0/s1. The Balaban J connectivity index is 1.94. The lowest BCUT2D eigenvalue weighted by Gasteiger charge is -2.14. The van der Waals surface area contributed by atoms with Crippen LogP contribution in [0.1, 0.15) is 22.8 Å². The number of nitrogens with zero attached hydrogens (tertiary/aromatic N) is 2. The van der Waals surface area contributed by atoms with Crippen LogP contribution in [0.2, 0.25) is 0 Å². The summed E-state index contributed by atoms with van der Waals surface area (Å²) in [4.78, 5) is 29.3. The molecule has 150 valence electrons. The first-order chi connectivity index (χ1) is 14.0. The average Bonchev–Trinajstić information content (AvgIpc) is 2.73. The van der Waals surface area contributed by atoms with E-state index in [1.165, 1.54) is 23.4 Å². The fourth-order valence-electron chi connectivity index (χ4n) is 2.85. The third-order valence-corrected chi connectivity index (χ3v) is 5.14. The first-order valence-electron chi connectivity index (χ1n) is 9.15. The first kappa shape index (κ1) is 20.8. The van der Waals surface area contributed by atoms with Gasteiger partial charge in [-0.05, 0) is 30.7 Å². The number of ether oxygens (including phenoxy) is 1. The SMILES string of the molecule is COC(=O)c1ccc2c(=O)n(C[C@H](C)O)c(SC/C=C/c3ccccc3)nc2c1. The van der Waals surface area contributed by atoms with Crippen molar-refractivity contribution in [3.8, 4) is 0 Å². The molecule has 29 heavy (non-hydrogen) atoms. The van der Waals surface area contributed by atoms with Gasteiger partial charge in [0.2, 0.25) is 0 Å². The van der Waals surface area contributed by atoms with Crippen LogP contribution < -0.4 is 5.56 Å². The second kappa shape index (κ2) is 9.54. The van der Waals surface area contributed by atoms with Crippen LogP contribution in [0.15, 0.2) is 64.6 Å². The van der Waals surface area contributed by atoms with Crippen LogP contribution in [0.5, 0.6) is 0 Å². The highest BCUT2D eigenvalue weighted by Crippen LogP contribution is 2.20. The number of esters is 1. The summed E-state index contributed by atoms with van der Waals surface area (Å²) in [7, 11) is 1.31. The van der Waals surface area contributed by atoms with E-state index in [1.54, 1.807) is 25.1 Å². The summed E-state index contributed by atoms with van der Waals surface area (Å²) >= 11 is 1.40. The van der Waals surface area contributed by atoms with Gasteiger partial charge in [-0.15, -0.1) is 0 Å². The van der Waals surface area contributed by atoms with Crippen molar-refractivity contribution in [2.24, 2.45) is 0 Å². The Kier molecular flexibility index (Phi) is 6.85. The van der Waals surface area contributed by atoms with Crippen LogP contribution in [0.4, 0.5) is 0 Å². The maximum Gasteiger partial charge on any atom is 0.337 e. The third-order valence-electron chi connectivity index (χ3n) is 4.21. The van der Waals surface area contributed by atoms with E-state index in [9.17, 15) is 14.7 Å². The number of rotatable bonds is 7. The van der Waals surface area contributed by atoms with Crippen molar-refractivity contribution < 1.29 is 14.6 Å². The summed E-state index contributed by atoms with van der Waals surface area (Å²) in [5.41, 5.74) is 1.60. The molecule has 0 fully saturated rings. The predicted molar refractivity (Wildman–Crippen MR) is 115 cm³/mol. The molecule has 0 radical (unpaired) electrons. The van der Waals surface area contributed by atoms with Gasteiger partial charge in [0.05, 0.1) is 36.2 Å². The number of benzene rings is 2. The molecule has 3 rings (SSSR count). The van der Waals surface area contributed by atoms with Crippen LogP contribution in [-0.2, 0) is 11.3 Å². The third kappa shape index (κ3) is 5.13. The normalized spacial score (nSPS) is 12.4. The number of thioether (sulfide) groups is 1. The van der Waals surface area contributed by atoms with Crippen LogP contribution in [-0.4, -0.2) is 39.6 Å². The van der Waals surface area contributed by atoms with Gasteiger partial charge in [0.25, 0.3) is 5.56 Å². The van der Waals surface area contributed by atoms with Gasteiger partial charge in [-0.2, -0.15) is 0 Å². The maximum absolute atomic E-state index is 13.0. The van der Waals surface area contributed by atoms with Gasteiger partial charge < -0.3 is 9.84 Å². The predicted octanol–water partition coefficient (Wildman–Crippen LogP) is 3.37. The fraction of sp³-hybridized carbons (Fsp3) is 0.227. The van der Waals surface area contributed by atoms with Crippen molar-refractivity contribution in [3.05, 3.63) is 76.1 Å². The summed E-state index contributed by atoms with van der Waals surface area (Å²) in [6.45, 7) is 1.77. The van der Waals surface area contributed by atoms with E-state index in [1.807, 2.05) is 42.5 Å². The number of aliphatic hydroxyl groups excluding tert-OH is 1. The van der Waals surface area contributed by atoms with Crippen LogP contribution in [0.25, 0.3) is 17.0 Å². The van der Waals surface area contributed by atoms with Crippen LogP contribution in [0, 0.1) is 0 Å². The van der Waals surface area contributed by atoms with Crippen molar-refractivity contribution in [1.29, 1.82) is 0 Å². The Labute approximate surface area is 172 Å². The van der Waals surface area contributed by atoms with Gasteiger partial charge in [0.15, 0.2) is 5.16 Å². The van der Waals surface area contributed by atoms with E-state index in [0.717, 1.165) is 5.56 Å². The fourth-order valence-corrected chi connectivity index (χ4v) is 3.67. The molecule has 0 saturated carbocycles. The monoisotopic (exact) mass is 410 g/mol. The van der Waals surface area contributed by atoms with E-state index in [0.29, 0.717) is 27.4 Å². The van der Waals surface area contributed by atoms with Crippen LogP contribution >= 0.6 is 11.8 Å². The summed E-state index contributed by atoms with van der Waals surface area (Å²) in [5.74, 6) is 0.116. The minimum Gasteiger partial charge on any atom is -0.465 e. The molecule has 1 atom stereocenters. The molecule has 2 aromatic carbocycles. The minimum absolute atomic E-state index is 0.144. The molecule has 3 aromatic rings. The molecule has 6 nitrogen and oxygen atoms in total. The number of carbonyl (C=O) groups excluding carboxylic acids is 1. The van der Waals surface area contributed by atoms with E-state index in [-0.39, 0.29) is 12.1 Å². The minimum atomic E-state index is -0.694. The van der Waals surface area contributed by atoms with Crippen molar-refractivity contribution >= 4 is 34.7 Å². The Morgan fingerprint density at radius 1 is 1.28 bits per heavy atom. The zero-order valence-corrected chi connectivity index (χ0v) is 17.1. The molecule has 1 heterocycles. The second-order valence-corrected chi connectivity index (χ2v) is 7.49. The number of aromatic nitrogens is 2. The average molecular weight is 410 g/mol. The Hall–Kier alpha value is -2.90. The highest BCUT2D eigenvalue weighted by Gasteiger charge is 2.15. The number of fused-ring (bicyclic) bond motifs is 1. The zero-order chi connectivity index (χ0) is 20.8. The number of aliphatic hydroxyl groups is 1. The molecule has 7 heteroatoms. The van der Waals surface area contributed by atoms with Gasteiger partial charge in [0, 0.05) is 5.75 Å². The van der Waals surface area contributed by atoms with Crippen molar-refractivity contribution in [2.45, 2.75) is 24.7 Å². The topological polar surface area (TPSA) is 81.4 Å². The summed E-state index contributed by atoms with van der Waals surface area (Å²) in [5, 5.41) is 10.7. The highest BCUT2D eigenvalue weighted by molar-refractivity contribution is 7.99. The highest BCUT2D eigenvalue weighted by atomic mass is 32.2. The van der Waals surface area contributed by atoms with Crippen molar-refractivity contribution in [1.82, 2.24) is 9.55 Å². The van der Waals surface area contributed by atoms with Crippen molar-refractivity contribution in [3.63, 3.8) is 0 Å². The van der Waals surface area contributed by atoms with Gasteiger partial charge in [0.1, 0.15) is 0 Å². The zero-order valence-electron chi connectivity index (χ0n) is 16.2. The van der Waals surface area contributed by atoms with Gasteiger partial charge >= 0.3 is 5.97 Å². The van der Waals surface area contributed by atoms with E-state index < -0.39 is 12.1 Å². The number of methoxy groups -OCH3 is 1. The molecule has 0 unspecified atom stereocenters. The number of hydrogen-bond donors (Lipinski definition) is 1. The summed E-state index contributed by atoms with van der Waals surface area (Å²) < 4.78 is 6.22. The van der Waals surface area contributed by atoms with E-state index in [2.05, 4.69) is 4.98 Å². The molecule has 1 aromatic heterocycles. The number of hydrogen-bond acceptors (Lipinski definition) is 6. The summed E-state index contributed by atoms with van der Waals surface area (Å²) in [6.07, 6.45) is 3.30. The molecule has 1 N–H and O–H groups in total. The van der Waals surface area contributed by atoms with Gasteiger partial charge in [-0.1, -0.05) is 54.2 Å². The molecule has 0 aliphatic rings. The molecular formula is C22H22N2O4S. The quantitative estimate of drug-likeness (QED) is 0.365. The Bertz CT molecular complexity index is 1090. The molecule has 0 spiro atoms. The molecular weight excluding hydrogens is 388 g/mol. The van der Waals surface area contributed by atoms with E-state index >= 15 is 0 Å². The maximum atomic E-state index is 13.0. The lowest BCUT2D eigenvalue weighted by molar-refractivity contribution is 0.0601. The lowest BCUT2D eigenvalue weighted by atomic mass is 10.1. The van der Waals surface area contributed by atoms with Crippen molar-refractivity contribution in [2.75, 3.05) is 12.9 Å². The second-order valence-electron chi connectivity index (χ2n) is 6.51. The smallest absolute Gasteiger partial charge is 0.337 e. The molecule has 0 bridgehead atoms. The molecule has 0 saturated heterocycles. The molecule has 0 aliphatic carbocycles. The largest absolute Gasteiger partial charge is 0.465 e. The molecule has 0 aliphatic heterocycles. The Morgan fingerprint density at radius 3 is 2.72 bits per heavy atom. The van der Waals surface area contributed by atoms with Gasteiger partial charge in [-0.3, -0.25) is 9.36 Å². The Morgan fingerprint density at radius 2 is 2.03 bits per heavy atom. The molecule has 0 amide bonds. The van der Waals surface area contributed by atoms with Crippen LogP contribution in [0.3, 0.4) is 0 Å². The number of carbonyl (C=O) groups is 1. The van der Waals surface area contributed by atoms with Gasteiger partial charge in [-0.25, -0.2) is 9.78 Å². The lowest BCUT2D eigenvalue weighted by Crippen LogP contribution is -2.28. The van der Waals surface area contributed by atoms with E-state index in [4.69, 9.17) is 4.74 Å². The summed E-state index contributed by atoms with van der Waals surface area (Å²) in [6, 6.07) is 14.6.